The molecule has 0 saturated heterocycles. The summed E-state index contributed by atoms with van der Waals surface area (Å²) in [6.45, 7) is 9.22. The van der Waals surface area contributed by atoms with Gasteiger partial charge in [0.05, 0.1) is 5.60 Å². The van der Waals surface area contributed by atoms with Crippen LogP contribution in [0.2, 0.25) is 0 Å². The molecule has 1 rings (SSSR count). The van der Waals surface area contributed by atoms with E-state index in [2.05, 4.69) is 39.9 Å². The molecule has 0 amide bonds. The Labute approximate surface area is 124 Å². The molecule has 0 aliphatic carbocycles. The molecule has 0 bridgehead atoms. The van der Waals surface area contributed by atoms with Gasteiger partial charge in [0.15, 0.2) is 0 Å². The van der Waals surface area contributed by atoms with Crippen LogP contribution in [0.5, 0.6) is 0 Å². The zero-order valence-corrected chi connectivity index (χ0v) is 13.8. The minimum absolute atomic E-state index is 0.00322. The minimum Gasteiger partial charge on any atom is -0.389 e. The van der Waals surface area contributed by atoms with Crippen molar-refractivity contribution >= 4 is 15.9 Å². The molecule has 3 nitrogen and oxygen atoms in total. The second kappa shape index (κ2) is 6.84. The van der Waals surface area contributed by atoms with Crippen molar-refractivity contribution in [1.82, 2.24) is 4.90 Å². The lowest BCUT2D eigenvalue weighted by Crippen LogP contribution is -2.45. The summed E-state index contributed by atoms with van der Waals surface area (Å²) in [4.78, 5) is 2.23. The van der Waals surface area contributed by atoms with Crippen molar-refractivity contribution in [2.75, 3.05) is 13.1 Å². The predicted octanol–water partition coefficient (Wildman–Crippen LogP) is 2.93. The van der Waals surface area contributed by atoms with Crippen LogP contribution in [0.25, 0.3) is 0 Å². The van der Waals surface area contributed by atoms with Crippen LogP contribution in [-0.4, -0.2) is 34.7 Å². The highest BCUT2D eigenvalue weighted by molar-refractivity contribution is 9.10. The molecule has 3 N–H and O–H groups in total. The number of halogens is 1. The summed E-state index contributed by atoms with van der Waals surface area (Å²) in [6, 6.07) is 8.36. The van der Waals surface area contributed by atoms with Gasteiger partial charge in [0, 0.05) is 23.1 Å². The quantitative estimate of drug-likeness (QED) is 0.844. The van der Waals surface area contributed by atoms with Gasteiger partial charge in [0.25, 0.3) is 0 Å². The highest BCUT2D eigenvalue weighted by Crippen LogP contribution is 2.26. The standard InChI is InChI=1S/C15H25BrN2O/c1-5-18(10-15(3,4)19)14(11(2)17)12-6-8-13(16)9-7-12/h6-9,11,14,19H,5,10,17H2,1-4H3. The Morgan fingerprint density at radius 3 is 2.21 bits per heavy atom. The van der Waals surface area contributed by atoms with E-state index in [1.165, 1.54) is 5.56 Å². The zero-order chi connectivity index (χ0) is 14.6. The van der Waals surface area contributed by atoms with Gasteiger partial charge in [-0.2, -0.15) is 0 Å². The molecule has 0 aliphatic heterocycles. The van der Waals surface area contributed by atoms with Crippen molar-refractivity contribution in [3.05, 3.63) is 34.3 Å². The van der Waals surface area contributed by atoms with Gasteiger partial charge in [0.1, 0.15) is 0 Å². The van der Waals surface area contributed by atoms with E-state index in [-0.39, 0.29) is 12.1 Å². The Morgan fingerprint density at radius 2 is 1.84 bits per heavy atom. The molecule has 1 aromatic carbocycles. The van der Waals surface area contributed by atoms with Crippen LogP contribution in [0.4, 0.5) is 0 Å². The van der Waals surface area contributed by atoms with Crippen LogP contribution in [0, 0.1) is 0 Å². The maximum Gasteiger partial charge on any atom is 0.0718 e. The Kier molecular flexibility index (Phi) is 5.99. The highest BCUT2D eigenvalue weighted by Gasteiger charge is 2.27. The molecule has 0 heterocycles. The number of hydrogen-bond donors (Lipinski definition) is 2. The maximum absolute atomic E-state index is 10.1. The fraction of sp³-hybridized carbons (Fsp3) is 0.600. The highest BCUT2D eigenvalue weighted by atomic mass is 79.9. The van der Waals surface area contributed by atoms with Gasteiger partial charge >= 0.3 is 0 Å². The third kappa shape index (κ3) is 5.22. The van der Waals surface area contributed by atoms with E-state index in [1.807, 2.05) is 32.9 Å². The number of aliphatic hydroxyl groups is 1. The maximum atomic E-state index is 10.1. The number of hydrogen-bond acceptors (Lipinski definition) is 3. The predicted molar refractivity (Wildman–Crippen MR) is 84.1 cm³/mol. The molecule has 0 aromatic heterocycles. The number of rotatable bonds is 6. The number of benzene rings is 1. The second-order valence-corrected chi connectivity index (χ2v) is 6.65. The van der Waals surface area contributed by atoms with E-state index >= 15 is 0 Å². The van der Waals surface area contributed by atoms with E-state index in [0.29, 0.717) is 6.54 Å². The Morgan fingerprint density at radius 1 is 1.32 bits per heavy atom. The van der Waals surface area contributed by atoms with Crippen LogP contribution < -0.4 is 5.73 Å². The second-order valence-electron chi connectivity index (χ2n) is 5.73. The number of nitrogens with zero attached hydrogens (tertiary/aromatic N) is 1. The lowest BCUT2D eigenvalue weighted by Gasteiger charge is -2.37. The van der Waals surface area contributed by atoms with E-state index < -0.39 is 5.60 Å². The SMILES string of the molecule is CCN(CC(C)(C)O)C(c1ccc(Br)cc1)C(C)N. The Hall–Kier alpha value is -0.420. The van der Waals surface area contributed by atoms with Crippen LogP contribution in [-0.2, 0) is 0 Å². The number of nitrogens with two attached hydrogens (primary N) is 1. The molecular formula is C15H25BrN2O. The van der Waals surface area contributed by atoms with Gasteiger partial charge in [-0.25, -0.2) is 0 Å². The first kappa shape index (κ1) is 16.6. The molecule has 2 atom stereocenters. The fourth-order valence-corrected chi connectivity index (χ4v) is 2.68. The molecule has 19 heavy (non-hydrogen) atoms. The van der Waals surface area contributed by atoms with Crippen molar-refractivity contribution in [3.8, 4) is 0 Å². The van der Waals surface area contributed by atoms with E-state index in [9.17, 15) is 5.11 Å². The van der Waals surface area contributed by atoms with E-state index in [1.54, 1.807) is 0 Å². The largest absolute Gasteiger partial charge is 0.389 e. The molecule has 0 saturated carbocycles. The van der Waals surface area contributed by atoms with Crippen molar-refractivity contribution in [2.24, 2.45) is 5.73 Å². The molecule has 1 aromatic rings. The monoisotopic (exact) mass is 328 g/mol. The Bertz CT molecular complexity index is 384. The van der Waals surface area contributed by atoms with Crippen molar-refractivity contribution in [3.63, 3.8) is 0 Å². The first-order valence-corrected chi connectivity index (χ1v) is 7.51. The minimum atomic E-state index is -0.724. The van der Waals surface area contributed by atoms with Crippen molar-refractivity contribution < 1.29 is 5.11 Å². The summed E-state index contributed by atoms with van der Waals surface area (Å²) in [5, 5.41) is 10.1. The van der Waals surface area contributed by atoms with E-state index in [4.69, 9.17) is 5.73 Å². The fourth-order valence-electron chi connectivity index (χ4n) is 2.41. The summed E-state index contributed by atoms with van der Waals surface area (Å²) < 4.78 is 1.06. The summed E-state index contributed by atoms with van der Waals surface area (Å²) in [7, 11) is 0. The van der Waals surface area contributed by atoms with Crippen molar-refractivity contribution in [2.45, 2.75) is 45.4 Å². The van der Waals surface area contributed by atoms with Crippen molar-refractivity contribution in [1.29, 1.82) is 0 Å². The van der Waals surface area contributed by atoms with Crippen LogP contribution in [0.15, 0.2) is 28.7 Å². The smallest absolute Gasteiger partial charge is 0.0718 e. The number of likely N-dealkylation sites (N-methyl/N-ethyl adjacent to an activating group) is 1. The average Bonchev–Trinajstić information content (AvgIpc) is 2.28. The summed E-state index contributed by atoms with van der Waals surface area (Å²) in [5.41, 5.74) is 6.63. The molecule has 108 valence electrons. The third-order valence-electron chi connectivity index (χ3n) is 3.10. The average molecular weight is 329 g/mol. The third-order valence-corrected chi connectivity index (χ3v) is 3.63. The van der Waals surface area contributed by atoms with Crippen LogP contribution in [0.1, 0.15) is 39.3 Å². The molecule has 0 spiro atoms. The summed E-state index contributed by atoms with van der Waals surface area (Å²) in [5.74, 6) is 0. The lowest BCUT2D eigenvalue weighted by atomic mass is 9.97. The van der Waals surface area contributed by atoms with Gasteiger partial charge in [-0.15, -0.1) is 0 Å². The van der Waals surface area contributed by atoms with Gasteiger partial charge < -0.3 is 10.8 Å². The Balaban J connectivity index is 3.01. The molecule has 0 fully saturated rings. The molecular weight excluding hydrogens is 304 g/mol. The van der Waals surface area contributed by atoms with Crippen LogP contribution in [0.3, 0.4) is 0 Å². The lowest BCUT2D eigenvalue weighted by molar-refractivity contribution is 0.0187. The summed E-state index contributed by atoms with van der Waals surface area (Å²) in [6.07, 6.45) is 0. The summed E-state index contributed by atoms with van der Waals surface area (Å²) >= 11 is 3.45. The molecule has 4 heteroatoms. The zero-order valence-electron chi connectivity index (χ0n) is 12.2. The molecule has 2 unspecified atom stereocenters. The topological polar surface area (TPSA) is 49.5 Å². The van der Waals surface area contributed by atoms with Gasteiger partial charge in [0.2, 0.25) is 0 Å². The first-order chi connectivity index (χ1) is 8.74. The van der Waals surface area contributed by atoms with Gasteiger partial charge in [-0.1, -0.05) is 35.0 Å². The molecule has 0 aliphatic rings. The van der Waals surface area contributed by atoms with Gasteiger partial charge in [-0.3, -0.25) is 4.90 Å². The normalized spacial score (nSPS) is 15.6. The first-order valence-electron chi connectivity index (χ1n) is 6.72. The van der Waals surface area contributed by atoms with Gasteiger partial charge in [-0.05, 0) is 45.0 Å². The van der Waals surface area contributed by atoms with E-state index in [0.717, 1.165) is 11.0 Å². The van der Waals surface area contributed by atoms with Crippen LogP contribution >= 0.6 is 15.9 Å². The molecule has 0 radical (unpaired) electrons.